The summed E-state index contributed by atoms with van der Waals surface area (Å²) in [7, 11) is 3.02. The highest BCUT2D eigenvalue weighted by Crippen LogP contribution is 2.30. The monoisotopic (exact) mass is 397 g/mol. The molecule has 2 aromatic carbocycles. The van der Waals surface area contributed by atoms with Gasteiger partial charge in [0.05, 0.1) is 27.2 Å². The fourth-order valence-electron chi connectivity index (χ4n) is 3.44. The average Bonchev–Trinajstić information content (AvgIpc) is 3.17. The molecule has 3 rings (SSSR count). The van der Waals surface area contributed by atoms with Gasteiger partial charge in [-0.3, -0.25) is 9.59 Å². The molecule has 0 N–H and O–H groups in total. The van der Waals surface area contributed by atoms with Crippen LogP contribution in [0.3, 0.4) is 0 Å². The summed E-state index contributed by atoms with van der Waals surface area (Å²) in [6, 6.07) is 13.3. The second-order valence-electron chi connectivity index (χ2n) is 6.99. The fraction of sp³-hybridized carbons (Fsp3) is 0.391. The minimum Gasteiger partial charge on any atom is -0.497 e. The summed E-state index contributed by atoms with van der Waals surface area (Å²) in [4.78, 5) is 25.9. The number of nitrogens with zero attached hydrogens (tertiary/aromatic N) is 1. The van der Waals surface area contributed by atoms with Crippen LogP contribution in [0, 0.1) is 0 Å². The molecule has 0 saturated heterocycles. The highest BCUT2D eigenvalue weighted by Gasteiger charge is 2.24. The quantitative estimate of drug-likeness (QED) is 0.478. The van der Waals surface area contributed by atoms with Crippen molar-refractivity contribution in [3.05, 3.63) is 53.6 Å². The second kappa shape index (κ2) is 9.96. The van der Waals surface area contributed by atoms with Crippen LogP contribution in [0.25, 0.3) is 0 Å². The number of carbonyl (C=O) groups excluding carboxylic acids is 2. The Balaban J connectivity index is 1.43. The van der Waals surface area contributed by atoms with E-state index in [1.807, 2.05) is 47.4 Å². The number of carbonyl (C=O) groups is 2. The van der Waals surface area contributed by atoms with Crippen LogP contribution in [-0.2, 0) is 27.2 Å². The van der Waals surface area contributed by atoms with Gasteiger partial charge in [-0.25, -0.2) is 0 Å². The Morgan fingerprint density at radius 3 is 2.48 bits per heavy atom. The van der Waals surface area contributed by atoms with Crippen molar-refractivity contribution in [1.29, 1.82) is 0 Å². The van der Waals surface area contributed by atoms with Gasteiger partial charge in [-0.1, -0.05) is 12.1 Å². The number of hydrogen-bond acceptors (Lipinski definition) is 5. The lowest BCUT2D eigenvalue weighted by Gasteiger charge is -2.17. The van der Waals surface area contributed by atoms with Crippen LogP contribution in [0.4, 0.5) is 5.69 Å². The fourth-order valence-corrected chi connectivity index (χ4v) is 3.44. The Morgan fingerprint density at radius 1 is 1.00 bits per heavy atom. The number of fused-ring (bicyclic) bond motifs is 1. The van der Waals surface area contributed by atoms with Gasteiger partial charge < -0.3 is 19.1 Å². The van der Waals surface area contributed by atoms with E-state index < -0.39 is 0 Å². The molecule has 0 unspecified atom stereocenters. The van der Waals surface area contributed by atoms with Gasteiger partial charge in [0.2, 0.25) is 5.91 Å². The predicted molar refractivity (Wildman–Crippen MR) is 111 cm³/mol. The summed E-state index contributed by atoms with van der Waals surface area (Å²) in [5, 5.41) is 0. The normalized spacial score (nSPS) is 12.4. The van der Waals surface area contributed by atoms with Crippen LogP contribution >= 0.6 is 0 Å². The van der Waals surface area contributed by atoms with E-state index in [0.29, 0.717) is 19.6 Å². The third kappa shape index (κ3) is 5.50. The molecule has 0 atom stereocenters. The van der Waals surface area contributed by atoms with Crippen molar-refractivity contribution in [2.24, 2.45) is 0 Å². The van der Waals surface area contributed by atoms with E-state index in [4.69, 9.17) is 14.2 Å². The molecule has 154 valence electrons. The summed E-state index contributed by atoms with van der Waals surface area (Å²) in [6.07, 6.45) is 3.16. The molecule has 2 aromatic rings. The number of anilines is 1. The number of ether oxygens (including phenoxy) is 3. The lowest BCUT2D eigenvalue weighted by molar-refractivity contribution is -0.139. The minimum absolute atomic E-state index is 0.133. The van der Waals surface area contributed by atoms with Crippen LogP contribution in [0.1, 0.15) is 30.4 Å². The third-order valence-corrected chi connectivity index (χ3v) is 5.03. The van der Waals surface area contributed by atoms with E-state index in [-0.39, 0.29) is 18.3 Å². The Hall–Kier alpha value is -3.02. The van der Waals surface area contributed by atoms with E-state index in [2.05, 4.69) is 0 Å². The standard InChI is InChI=1S/C23H27NO5/c1-27-19-7-9-20(10-8-19)29-14-4-3-5-22(25)24-13-12-18-15-17(6-11-21(18)24)16-23(26)28-2/h6-11,15H,3-5,12-14,16H2,1-2H3. The Labute approximate surface area is 171 Å². The van der Waals surface area contributed by atoms with Crippen molar-refractivity contribution in [3.8, 4) is 11.5 Å². The molecule has 1 amide bonds. The molecule has 6 nitrogen and oxygen atoms in total. The van der Waals surface area contributed by atoms with E-state index in [1.165, 1.54) is 7.11 Å². The van der Waals surface area contributed by atoms with E-state index >= 15 is 0 Å². The summed E-state index contributed by atoms with van der Waals surface area (Å²) >= 11 is 0. The molecule has 1 heterocycles. The lowest BCUT2D eigenvalue weighted by atomic mass is 10.1. The molecule has 0 aromatic heterocycles. The van der Waals surface area contributed by atoms with Crippen molar-refractivity contribution < 1.29 is 23.8 Å². The number of unbranched alkanes of at least 4 members (excludes halogenated alkanes) is 1. The molecule has 29 heavy (non-hydrogen) atoms. The molecule has 0 spiro atoms. The number of hydrogen-bond donors (Lipinski definition) is 0. The first kappa shape index (κ1) is 20.7. The van der Waals surface area contributed by atoms with E-state index in [1.54, 1.807) is 7.11 Å². The van der Waals surface area contributed by atoms with Gasteiger partial charge in [-0.2, -0.15) is 0 Å². The zero-order chi connectivity index (χ0) is 20.6. The van der Waals surface area contributed by atoms with E-state index in [0.717, 1.165) is 47.6 Å². The number of rotatable bonds is 9. The molecule has 1 aliphatic rings. The first-order valence-corrected chi connectivity index (χ1v) is 9.86. The highest BCUT2D eigenvalue weighted by atomic mass is 16.5. The van der Waals surface area contributed by atoms with Crippen LogP contribution < -0.4 is 14.4 Å². The summed E-state index contributed by atoms with van der Waals surface area (Å²) < 4.78 is 15.5. The number of amides is 1. The summed E-state index contributed by atoms with van der Waals surface area (Å²) in [5.41, 5.74) is 2.99. The molecule has 1 aliphatic heterocycles. The number of methoxy groups -OCH3 is 2. The van der Waals surface area contributed by atoms with Crippen molar-refractivity contribution in [2.45, 2.75) is 32.1 Å². The van der Waals surface area contributed by atoms with Gasteiger partial charge in [0, 0.05) is 18.7 Å². The van der Waals surface area contributed by atoms with Gasteiger partial charge in [0.1, 0.15) is 11.5 Å². The maximum absolute atomic E-state index is 12.6. The van der Waals surface area contributed by atoms with Gasteiger partial charge in [-0.15, -0.1) is 0 Å². The molecule has 0 aliphatic carbocycles. The third-order valence-electron chi connectivity index (χ3n) is 5.03. The Kier molecular flexibility index (Phi) is 7.11. The maximum Gasteiger partial charge on any atom is 0.309 e. The molecular weight excluding hydrogens is 370 g/mol. The van der Waals surface area contributed by atoms with Crippen molar-refractivity contribution >= 4 is 17.6 Å². The van der Waals surface area contributed by atoms with Crippen LogP contribution in [0.5, 0.6) is 11.5 Å². The smallest absolute Gasteiger partial charge is 0.309 e. The maximum atomic E-state index is 12.6. The molecule has 0 fully saturated rings. The SMILES string of the molecule is COC(=O)Cc1ccc2c(c1)CCN2C(=O)CCCCOc1ccc(OC)cc1. The lowest BCUT2D eigenvalue weighted by Crippen LogP contribution is -2.28. The molecule has 0 bridgehead atoms. The van der Waals surface area contributed by atoms with Crippen LogP contribution in [0.15, 0.2) is 42.5 Å². The topological polar surface area (TPSA) is 65.1 Å². The first-order valence-electron chi connectivity index (χ1n) is 9.86. The van der Waals surface area contributed by atoms with Gasteiger partial charge >= 0.3 is 5.97 Å². The van der Waals surface area contributed by atoms with E-state index in [9.17, 15) is 9.59 Å². The van der Waals surface area contributed by atoms with Crippen molar-refractivity contribution in [3.63, 3.8) is 0 Å². The second-order valence-corrected chi connectivity index (χ2v) is 6.99. The van der Waals surface area contributed by atoms with Crippen molar-refractivity contribution in [1.82, 2.24) is 0 Å². The van der Waals surface area contributed by atoms with Gasteiger partial charge in [-0.05, 0) is 60.7 Å². The van der Waals surface area contributed by atoms with Crippen molar-refractivity contribution in [2.75, 3.05) is 32.3 Å². The number of esters is 1. The largest absolute Gasteiger partial charge is 0.497 e. The zero-order valence-corrected chi connectivity index (χ0v) is 17.0. The summed E-state index contributed by atoms with van der Waals surface area (Å²) in [5.74, 6) is 1.47. The predicted octanol–water partition coefficient (Wildman–Crippen LogP) is 3.55. The highest BCUT2D eigenvalue weighted by molar-refractivity contribution is 5.95. The molecular formula is C23H27NO5. The molecule has 0 radical (unpaired) electrons. The van der Waals surface area contributed by atoms with Gasteiger partial charge in [0.25, 0.3) is 0 Å². The molecule has 0 saturated carbocycles. The molecule has 6 heteroatoms. The average molecular weight is 397 g/mol. The van der Waals surface area contributed by atoms with Crippen LogP contribution in [-0.4, -0.2) is 39.2 Å². The zero-order valence-electron chi connectivity index (χ0n) is 17.0. The Morgan fingerprint density at radius 2 is 1.76 bits per heavy atom. The minimum atomic E-state index is -0.257. The number of benzene rings is 2. The first-order chi connectivity index (χ1) is 14.1. The van der Waals surface area contributed by atoms with Crippen LogP contribution in [0.2, 0.25) is 0 Å². The van der Waals surface area contributed by atoms with Gasteiger partial charge in [0.15, 0.2) is 0 Å². The summed E-state index contributed by atoms with van der Waals surface area (Å²) in [6.45, 7) is 1.27. The Bertz CT molecular complexity index is 847.